The number of nitrogens with zero attached hydrogens (tertiary/aromatic N) is 1. The molecule has 3 nitrogen and oxygen atoms in total. The molecule has 1 N–H and O–H groups in total. The molecular formula is C36H29BrN2O. The second-order valence-electron chi connectivity index (χ2n) is 10.5. The predicted octanol–water partition coefficient (Wildman–Crippen LogP) is 9.76. The molecule has 196 valence electrons. The number of para-hydroxylation sites is 1. The van der Waals surface area contributed by atoms with E-state index in [1.165, 1.54) is 22.2 Å². The Balaban J connectivity index is 1.15. The van der Waals surface area contributed by atoms with E-state index < -0.39 is 0 Å². The first-order chi connectivity index (χ1) is 19.7. The summed E-state index contributed by atoms with van der Waals surface area (Å²) < 4.78 is 7.37. The maximum atomic E-state index is 6.31. The SMILES string of the molecule is Brc1ccc(COc2ccc3ccccc3c2C=Nc2ccc([C@@H]3Nc4ccccc4[C@@H]4C=CC[C@H]43)cc2)cc1. The summed E-state index contributed by atoms with van der Waals surface area (Å²) in [5.41, 5.74) is 6.99. The molecule has 4 heteroatoms. The molecule has 0 fully saturated rings. The number of nitrogens with one attached hydrogen (secondary N) is 1. The first-order valence-corrected chi connectivity index (χ1v) is 14.6. The van der Waals surface area contributed by atoms with Crippen molar-refractivity contribution in [1.29, 1.82) is 0 Å². The lowest BCUT2D eigenvalue weighted by molar-refractivity contribution is 0.306. The van der Waals surface area contributed by atoms with Gasteiger partial charge in [0.1, 0.15) is 12.4 Å². The fourth-order valence-electron chi connectivity index (χ4n) is 6.06. The summed E-state index contributed by atoms with van der Waals surface area (Å²) in [6.07, 6.45) is 7.77. The number of benzene rings is 5. The van der Waals surface area contributed by atoms with Crippen molar-refractivity contribution in [3.63, 3.8) is 0 Å². The van der Waals surface area contributed by atoms with Gasteiger partial charge in [-0.2, -0.15) is 0 Å². The Hall–Kier alpha value is -4.15. The van der Waals surface area contributed by atoms with Crippen LogP contribution < -0.4 is 10.1 Å². The van der Waals surface area contributed by atoms with Gasteiger partial charge >= 0.3 is 0 Å². The molecule has 0 amide bonds. The van der Waals surface area contributed by atoms with Crippen LogP contribution >= 0.6 is 15.9 Å². The number of aliphatic imine (C=N–C) groups is 1. The van der Waals surface area contributed by atoms with Crippen molar-refractivity contribution in [2.24, 2.45) is 10.9 Å². The topological polar surface area (TPSA) is 33.6 Å². The lowest BCUT2D eigenvalue weighted by Gasteiger charge is -2.37. The number of anilines is 1. The highest BCUT2D eigenvalue weighted by atomic mass is 79.9. The molecule has 0 unspecified atom stereocenters. The summed E-state index contributed by atoms with van der Waals surface area (Å²) in [6, 6.07) is 38.5. The van der Waals surface area contributed by atoms with Crippen LogP contribution in [0.2, 0.25) is 0 Å². The summed E-state index contributed by atoms with van der Waals surface area (Å²) in [5.74, 6) is 1.83. The quantitative estimate of drug-likeness (QED) is 0.159. The van der Waals surface area contributed by atoms with Crippen LogP contribution in [0.15, 0.2) is 131 Å². The van der Waals surface area contributed by atoms with Gasteiger partial charge in [-0.25, -0.2) is 0 Å². The Morgan fingerprint density at radius 3 is 2.52 bits per heavy atom. The predicted molar refractivity (Wildman–Crippen MR) is 169 cm³/mol. The van der Waals surface area contributed by atoms with Crippen molar-refractivity contribution < 1.29 is 4.74 Å². The normalized spacial score (nSPS) is 19.4. The highest BCUT2D eigenvalue weighted by Gasteiger charge is 2.37. The largest absolute Gasteiger partial charge is 0.488 e. The molecule has 0 bridgehead atoms. The molecule has 1 heterocycles. The Morgan fingerprint density at radius 1 is 0.850 bits per heavy atom. The molecule has 40 heavy (non-hydrogen) atoms. The van der Waals surface area contributed by atoms with Gasteiger partial charge in [0.05, 0.1) is 11.7 Å². The van der Waals surface area contributed by atoms with Gasteiger partial charge in [0, 0.05) is 27.9 Å². The Labute approximate surface area is 243 Å². The van der Waals surface area contributed by atoms with E-state index in [0.29, 0.717) is 18.4 Å². The van der Waals surface area contributed by atoms with Crippen LogP contribution in [0.1, 0.15) is 40.6 Å². The van der Waals surface area contributed by atoms with E-state index in [1.54, 1.807) is 0 Å². The average Bonchev–Trinajstić information content (AvgIpc) is 3.50. The second kappa shape index (κ2) is 10.8. The van der Waals surface area contributed by atoms with Crippen molar-refractivity contribution in [3.8, 4) is 5.75 Å². The first-order valence-electron chi connectivity index (χ1n) is 13.8. The van der Waals surface area contributed by atoms with Gasteiger partial charge < -0.3 is 10.1 Å². The molecule has 3 atom stereocenters. The zero-order valence-electron chi connectivity index (χ0n) is 22.0. The highest BCUT2D eigenvalue weighted by Crippen LogP contribution is 2.49. The van der Waals surface area contributed by atoms with Crippen molar-refractivity contribution in [1.82, 2.24) is 0 Å². The monoisotopic (exact) mass is 584 g/mol. The van der Waals surface area contributed by atoms with Gasteiger partial charge in [-0.1, -0.05) is 101 Å². The van der Waals surface area contributed by atoms with E-state index in [9.17, 15) is 0 Å². The minimum atomic E-state index is 0.282. The number of rotatable bonds is 6. The van der Waals surface area contributed by atoms with Crippen molar-refractivity contribution >= 4 is 44.3 Å². The van der Waals surface area contributed by atoms with Crippen LogP contribution in [-0.2, 0) is 6.61 Å². The van der Waals surface area contributed by atoms with E-state index in [0.717, 1.165) is 38.8 Å². The van der Waals surface area contributed by atoms with Gasteiger partial charge in [-0.05, 0) is 76.2 Å². The fraction of sp³-hybridized carbons (Fsp3) is 0.139. The number of hydrogen-bond donors (Lipinski definition) is 1. The summed E-state index contributed by atoms with van der Waals surface area (Å²) >= 11 is 3.50. The van der Waals surface area contributed by atoms with E-state index in [1.807, 2.05) is 24.4 Å². The van der Waals surface area contributed by atoms with Crippen LogP contribution in [-0.4, -0.2) is 6.21 Å². The average molecular weight is 586 g/mol. The number of fused-ring (bicyclic) bond motifs is 4. The van der Waals surface area contributed by atoms with Crippen LogP contribution in [0.25, 0.3) is 10.8 Å². The maximum absolute atomic E-state index is 6.31. The maximum Gasteiger partial charge on any atom is 0.129 e. The third-order valence-corrected chi connectivity index (χ3v) is 8.63. The third-order valence-electron chi connectivity index (χ3n) is 8.11. The van der Waals surface area contributed by atoms with Crippen LogP contribution in [0.3, 0.4) is 0 Å². The van der Waals surface area contributed by atoms with Crippen molar-refractivity contribution in [2.75, 3.05) is 5.32 Å². The second-order valence-corrected chi connectivity index (χ2v) is 11.4. The van der Waals surface area contributed by atoms with E-state index in [2.05, 4.69) is 124 Å². The van der Waals surface area contributed by atoms with E-state index >= 15 is 0 Å². The first kappa shape index (κ1) is 24.9. The Kier molecular flexibility index (Phi) is 6.70. The van der Waals surface area contributed by atoms with Crippen LogP contribution in [0.5, 0.6) is 5.75 Å². The van der Waals surface area contributed by atoms with E-state index in [-0.39, 0.29) is 6.04 Å². The molecule has 1 aliphatic carbocycles. The molecule has 5 aromatic carbocycles. The molecule has 5 aromatic rings. The Morgan fingerprint density at radius 2 is 1.65 bits per heavy atom. The molecule has 0 saturated carbocycles. The molecule has 2 aliphatic rings. The van der Waals surface area contributed by atoms with Gasteiger partial charge in [0.2, 0.25) is 0 Å². The van der Waals surface area contributed by atoms with Gasteiger partial charge in [0.15, 0.2) is 0 Å². The van der Waals surface area contributed by atoms with Gasteiger partial charge in [-0.3, -0.25) is 4.99 Å². The smallest absolute Gasteiger partial charge is 0.129 e. The number of allylic oxidation sites excluding steroid dienone is 2. The molecular weight excluding hydrogens is 556 g/mol. The minimum absolute atomic E-state index is 0.282. The minimum Gasteiger partial charge on any atom is -0.488 e. The number of ether oxygens (including phenoxy) is 1. The summed E-state index contributed by atoms with van der Waals surface area (Å²) in [7, 11) is 0. The molecule has 7 rings (SSSR count). The molecule has 0 aromatic heterocycles. The molecule has 0 spiro atoms. The van der Waals surface area contributed by atoms with Crippen LogP contribution in [0, 0.1) is 5.92 Å². The van der Waals surface area contributed by atoms with Crippen molar-refractivity contribution in [3.05, 3.63) is 148 Å². The number of hydrogen-bond acceptors (Lipinski definition) is 3. The standard InChI is InChI=1S/C36H29BrN2O/c37-27-17-12-24(13-18-27)23-40-35-21-16-25-6-1-2-7-29(25)33(35)22-38-28-19-14-26(15-20-28)36-32-10-5-9-30(32)31-8-3-4-11-34(31)39-36/h1-9,11-22,30,32,36,39H,10,23H2/t30-,32+,36-/m0/s1. The van der Waals surface area contributed by atoms with E-state index in [4.69, 9.17) is 9.73 Å². The fourth-order valence-corrected chi connectivity index (χ4v) is 6.32. The zero-order valence-corrected chi connectivity index (χ0v) is 23.6. The summed E-state index contributed by atoms with van der Waals surface area (Å²) in [4.78, 5) is 4.90. The number of halogens is 1. The molecule has 0 saturated heterocycles. The van der Waals surface area contributed by atoms with Crippen LogP contribution in [0.4, 0.5) is 11.4 Å². The third kappa shape index (κ3) is 4.84. The van der Waals surface area contributed by atoms with Gasteiger partial charge in [0.25, 0.3) is 0 Å². The lowest BCUT2D eigenvalue weighted by atomic mass is 9.77. The highest BCUT2D eigenvalue weighted by molar-refractivity contribution is 9.10. The summed E-state index contributed by atoms with van der Waals surface area (Å²) in [5, 5.41) is 6.11. The zero-order chi connectivity index (χ0) is 26.9. The molecule has 0 radical (unpaired) electrons. The molecule has 1 aliphatic heterocycles. The lowest BCUT2D eigenvalue weighted by Crippen LogP contribution is -2.28. The van der Waals surface area contributed by atoms with Gasteiger partial charge in [-0.15, -0.1) is 0 Å². The van der Waals surface area contributed by atoms with Crippen molar-refractivity contribution in [2.45, 2.75) is 25.0 Å². The Bertz CT molecular complexity index is 1720. The summed E-state index contributed by atoms with van der Waals surface area (Å²) in [6.45, 7) is 0.496.